The van der Waals surface area contributed by atoms with Gasteiger partial charge < -0.3 is 9.88 Å². The Bertz CT molecular complexity index is 589. The van der Waals surface area contributed by atoms with Crippen LogP contribution in [0.25, 0.3) is 10.8 Å². The molecule has 3 heteroatoms. The predicted molar refractivity (Wildman–Crippen MR) is 80.6 cm³/mol. The summed E-state index contributed by atoms with van der Waals surface area (Å²) >= 11 is 0. The van der Waals surface area contributed by atoms with Crippen molar-refractivity contribution in [3.63, 3.8) is 0 Å². The number of nitrogens with one attached hydrogen (secondary N) is 1. The van der Waals surface area contributed by atoms with E-state index in [1.54, 1.807) is 4.57 Å². The molecule has 0 radical (unpaired) electrons. The first-order valence-electron chi connectivity index (χ1n) is 7.04. The second kappa shape index (κ2) is 6.53. The molecule has 19 heavy (non-hydrogen) atoms. The summed E-state index contributed by atoms with van der Waals surface area (Å²) in [5.41, 5.74) is 0.100. The summed E-state index contributed by atoms with van der Waals surface area (Å²) in [6, 6.07) is 10.3. The number of benzene rings is 1. The van der Waals surface area contributed by atoms with E-state index < -0.39 is 0 Å². The fourth-order valence-electron chi connectivity index (χ4n) is 2.37. The molecule has 0 bridgehead atoms. The van der Waals surface area contributed by atoms with Gasteiger partial charge in [0.25, 0.3) is 5.56 Å². The molecule has 0 aliphatic rings. The van der Waals surface area contributed by atoms with Crippen LogP contribution in [0.3, 0.4) is 0 Å². The lowest BCUT2D eigenvalue weighted by Gasteiger charge is -2.13. The van der Waals surface area contributed by atoms with Gasteiger partial charge >= 0.3 is 0 Å². The minimum Gasteiger partial charge on any atom is -0.314 e. The average molecular weight is 258 g/mol. The zero-order valence-electron chi connectivity index (χ0n) is 11.7. The van der Waals surface area contributed by atoms with Crippen LogP contribution in [0.15, 0.2) is 41.3 Å². The van der Waals surface area contributed by atoms with Crippen molar-refractivity contribution < 1.29 is 0 Å². The van der Waals surface area contributed by atoms with Crippen molar-refractivity contribution in [2.45, 2.75) is 39.3 Å². The van der Waals surface area contributed by atoms with E-state index in [2.05, 4.69) is 19.2 Å². The zero-order valence-corrected chi connectivity index (χ0v) is 11.7. The maximum Gasteiger partial charge on any atom is 0.258 e. The van der Waals surface area contributed by atoms with Crippen LogP contribution in [-0.4, -0.2) is 17.2 Å². The number of fused-ring (bicyclic) bond motifs is 1. The molecule has 1 N–H and O–H groups in total. The third-order valence-electron chi connectivity index (χ3n) is 3.45. The van der Waals surface area contributed by atoms with Gasteiger partial charge in [0.2, 0.25) is 0 Å². The molecule has 1 heterocycles. The number of nitrogens with zero attached hydrogens (tertiary/aromatic N) is 1. The van der Waals surface area contributed by atoms with Crippen molar-refractivity contribution in [1.82, 2.24) is 9.88 Å². The van der Waals surface area contributed by atoms with Crippen LogP contribution in [0, 0.1) is 0 Å². The van der Waals surface area contributed by atoms with E-state index >= 15 is 0 Å². The van der Waals surface area contributed by atoms with Gasteiger partial charge in [-0.25, -0.2) is 0 Å². The summed E-state index contributed by atoms with van der Waals surface area (Å²) in [6.45, 7) is 5.93. The van der Waals surface area contributed by atoms with Crippen molar-refractivity contribution in [3.8, 4) is 0 Å². The number of pyridine rings is 1. The molecule has 0 amide bonds. The molecule has 1 atom stereocenters. The van der Waals surface area contributed by atoms with Gasteiger partial charge in [-0.3, -0.25) is 4.79 Å². The topological polar surface area (TPSA) is 34.0 Å². The van der Waals surface area contributed by atoms with Crippen molar-refractivity contribution in [2.75, 3.05) is 6.54 Å². The molecule has 2 rings (SSSR count). The van der Waals surface area contributed by atoms with Crippen LogP contribution in [-0.2, 0) is 6.54 Å². The fourth-order valence-corrected chi connectivity index (χ4v) is 2.37. The van der Waals surface area contributed by atoms with Gasteiger partial charge in [0.1, 0.15) is 0 Å². The predicted octanol–water partition coefficient (Wildman–Crippen LogP) is 2.78. The second-order valence-electron chi connectivity index (χ2n) is 5.05. The van der Waals surface area contributed by atoms with Crippen LogP contribution in [0.5, 0.6) is 0 Å². The Balaban J connectivity index is 2.05. The van der Waals surface area contributed by atoms with E-state index in [1.165, 1.54) is 12.8 Å². The zero-order chi connectivity index (χ0) is 13.7. The van der Waals surface area contributed by atoms with E-state index in [0.29, 0.717) is 6.04 Å². The summed E-state index contributed by atoms with van der Waals surface area (Å²) in [6.07, 6.45) is 4.24. The van der Waals surface area contributed by atoms with E-state index in [4.69, 9.17) is 0 Å². The molecule has 1 aromatic heterocycles. The average Bonchev–Trinajstić information content (AvgIpc) is 2.42. The summed E-state index contributed by atoms with van der Waals surface area (Å²) in [5.74, 6) is 0. The maximum absolute atomic E-state index is 12.3. The third-order valence-corrected chi connectivity index (χ3v) is 3.45. The van der Waals surface area contributed by atoms with Gasteiger partial charge in [-0.15, -0.1) is 0 Å². The summed E-state index contributed by atoms with van der Waals surface area (Å²) < 4.78 is 1.79. The van der Waals surface area contributed by atoms with Gasteiger partial charge in [0, 0.05) is 30.7 Å². The summed E-state index contributed by atoms with van der Waals surface area (Å²) in [5, 5.41) is 5.26. The van der Waals surface area contributed by atoms with E-state index in [1.807, 2.05) is 36.5 Å². The highest BCUT2D eigenvalue weighted by Gasteiger charge is 2.03. The van der Waals surface area contributed by atoms with Crippen molar-refractivity contribution in [1.29, 1.82) is 0 Å². The molecule has 0 aliphatic heterocycles. The lowest BCUT2D eigenvalue weighted by atomic mass is 10.2. The quantitative estimate of drug-likeness (QED) is 0.864. The SMILES string of the molecule is CCCC(C)NCCn1ccc2ccccc2c1=O. The molecule has 0 saturated carbocycles. The number of aromatic nitrogens is 1. The Kier molecular flexibility index (Phi) is 4.74. The molecule has 1 aromatic carbocycles. The Labute approximate surface area is 114 Å². The lowest BCUT2D eigenvalue weighted by Crippen LogP contribution is -2.32. The highest BCUT2D eigenvalue weighted by atomic mass is 16.1. The fraction of sp³-hybridized carbons (Fsp3) is 0.438. The molecule has 0 spiro atoms. The molecule has 0 aliphatic carbocycles. The van der Waals surface area contributed by atoms with Crippen molar-refractivity contribution in [2.24, 2.45) is 0 Å². The first-order chi connectivity index (χ1) is 9.22. The standard InChI is InChI=1S/C16H22N2O/c1-3-6-13(2)17-10-12-18-11-9-14-7-4-5-8-15(14)16(18)19/h4-5,7-9,11,13,17H,3,6,10,12H2,1-2H3. The van der Waals surface area contributed by atoms with Crippen LogP contribution >= 0.6 is 0 Å². The Morgan fingerprint density at radius 1 is 1.26 bits per heavy atom. The highest BCUT2D eigenvalue weighted by Crippen LogP contribution is 2.07. The molecule has 2 aromatic rings. The Hall–Kier alpha value is -1.61. The minimum atomic E-state index is 0.100. The molecule has 3 nitrogen and oxygen atoms in total. The smallest absolute Gasteiger partial charge is 0.258 e. The van der Waals surface area contributed by atoms with Crippen molar-refractivity contribution in [3.05, 3.63) is 46.9 Å². The number of rotatable bonds is 6. The van der Waals surface area contributed by atoms with E-state index in [9.17, 15) is 4.79 Å². The number of hydrogen-bond donors (Lipinski definition) is 1. The third kappa shape index (κ3) is 3.44. The normalized spacial score (nSPS) is 12.7. The monoisotopic (exact) mass is 258 g/mol. The van der Waals surface area contributed by atoms with Gasteiger partial charge in [0.05, 0.1) is 0 Å². The molecule has 0 fully saturated rings. The molecule has 1 unspecified atom stereocenters. The molecule has 0 saturated heterocycles. The molecule has 102 valence electrons. The second-order valence-corrected chi connectivity index (χ2v) is 5.05. The molecular formula is C16H22N2O. The van der Waals surface area contributed by atoms with E-state index in [-0.39, 0.29) is 5.56 Å². The van der Waals surface area contributed by atoms with Crippen LogP contribution in [0.2, 0.25) is 0 Å². The number of hydrogen-bond acceptors (Lipinski definition) is 2. The Morgan fingerprint density at radius 3 is 2.84 bits per heavy atom. The largest absolute Gasteiger partial charge is 0.314 e. The highest BCUT2D eigenvalue weighted by molar-refractivity contribution is 5.81. The van der Waals surface area contributed by atoms with E-state index in [0.717, 1.165) is 23.9 Å². The first-order valence-corrected chi connectivity index (χ1v) is 7.04. The Morgan fingerprint density at radius 2 is 2.05 bits per heavy atom. The minimum absolute atomic E-state index is 0.100. The summed E-state index contributed by atoms with van der Waals surface area (Å²) in [4.78, 5) is 12.3. The lowest BCUT2D eigenvalue weighted by molar-refractivity contribution is 0.483. The van der Waals surface area contributed by atoms with Gasteiger partial charge in [0.15, 0.2) is 0 Å². The van der Waals surface area contributed by atoms with Crippen molar-refractivity contribution >= 4 is 10.8 Å². The van der Waals surface area contributed by atoms with Crippen LogP contribution in [0.1, 0.15) is 26.7 Å². The van der Waals surface area contributed by atoms with Crippen LogP contribution < -0.4 is 10.9 Å². The summed E-state index contributed by atoms with van der Waals surface area (Å²) in [7, 11) is 0. The maximum atomic E-state index is 12.3. The van der Waals surface area contributed by atoms with Crippen LogP contribution in [0.4, 0.5) is 0 Å². The molecular weight excluding hydrogens is 236 g/mol. The van der Waals surface area contributed by atoms with Gasteiger partial charge in [-0.2, -0.15) is 0 Å². The van der Waals surface area contributed by atoms with Gasteiger partial charge in [-0.05, 0) is 30.9 Å². The van der Waals surface area contributed by atoms with Gasteiger partial charge in [-0.1, -0.05) is 31.5 Å². The first kappa shape index (κ1) is 13.8.